The first-order valence-electron chi connectivity index (χ1n) is 5.73. The van der Waals surface area contributed by atoms with E-state index in [1.165, 1.54) is 0 Å². The van der Waals surface area contributed by atoms with E-state index in [-0.39, 0.29) is 25.0 Å². The van der Waals surface area contributed by atoms with Crippen molar-refractivity contribution in [2.45, 2.75) is 31.7 Å². The molecule has 2 aliphatic rings. The number of hydrogen-bond donors (Lipinski definition) is 2. The summed E-state index contributed by atoms with van der Waals surface area (Å²) in [6.45, 7) is 1.39. The molecule has 0 aromatic carbocycles. The van der Waals surface area contributed by atoms with Gasteiger partial charge in [-0.15, -0.1) is 0 Å². The maximum Gasteiger partial charge on any atom is 0.160 e. The van der Waals surface area contributed by atoms with Crippen LogP contribution in [0.5, 0.6) is 0 Å². The van der Waals surface area contributed by atoms with E-state index in [2.05, 4.69) is 4.90 Å². The van der Waals surface area contributed by atoms with Gasteiger partial charge in [0.25, 0.3) is 0 Å². The minimum Gasteiger partial charge on any atom is -0.395 e. The second kappa shape index (κ2) is 4.20. The topological polar surface area (TPSA) is 60.8 Å². The van der Waals surface area contributed by atoms with E-state index in [4.69, 9.17) is 0 Å². The lowest BCUT2D eigenvalue weighted by Crippen LogP contribution is -2.59. The van der Waals surface area contributed by atoms with Crippen molar-refractivity contribution in [2.24, 2.45) is 5.41 Å². The Labute approximate surface area is 89.9 Å². The van der Waals surface area contributed by atoms with E-state index in [1.54, 1.807) is 0 Å². The third-order valence-corrected chi connectivity index (χ3v) is 3.92. The minimum atomic E-state index is -0.863. The monoisotopic (exact) mass is 213 g/mol. The standard InChI is InChI=1S/C11H19NO3/c13-7-11(8-14)4-6-12-5-2-1-3-9(12)10(11)15/h9,13-14H,1-8H2. The Bertz CT molecular complexity index is 250. The Morgan fingerprint density at radius 3 is 2.67 bits per heavy atom. The minimum absolute atomic E-state index is 0.0493. The van der Waals surface area contributed by atoms with Crippen LogP contribution in [0.15, 0.2) is 0 Å². The summed E-state index contributed by atoms with van der Waals surface area (Å²) in [5.41, 5.74) is -0.863. The van der Waals surface area contributed by atoms with Gasteiger partial charge in [0.05, 0.1) is 24.7 Å². The first-order chi connectivity index (χ1) is 7.23. The number of nitrogens with zero attached hydrogens (tertiary/aromatic N) is 1. The van der Waals surface area contributed by atoms with Crippen molar-refractivity contribution >= 4 is 5.78 Å². The lowest BCUT2D eigenvalue weighted by atomic mass is 9.73. The van der Waals surface area contributed by atoms with Crippen molar-refractivity contribution in [3.8, 4) is 0 Å². The Balaban J connectivity index is 2.17. The zero-order valence-corrected chi connectivity index (χ0v) is 8.98. The van der Waals surface area contributed by atoms with E-state index in [9.17, 15) is 15.0 Å². The lowest BCUT2D eigenvalue weighted by Gasteiger charge is -2.45. The predicted molar refractivity (Wildman–Crippen MR) is 55.4 cm³/mol. The molecular weight excluding hydrogens is 194 g/mol. The number of hydrogen-bond acceptors (Lipinski definition) is 4. The SMILES string of the molecule is O=C1C2CCCCN2CCC1(CO)CO. The summed E-state index contributed by atoms with van der Waals surface area (Å²) in [5, 5.41) is 18.6. The van der Waals surface area contributed by atoms with Crippen LogP contribution in [0.4, 0.5) is 0 Å². The van der Waals surface area contributed by atoms with Crippen molar-refractivity contribution < 1.29 is 15.0 Å². The third-order valence-electron chi connectivity index (χ3n) is 3.92. The van der Waals surface area contributed by atoms with Crippen LogP contribution in [-0.4, -0.2) is 53.2 Å². The van der Waals surface area contributed by atoms with Crippen LogP contribution in [0.3, 0.4) is 0 Å². The fourth-order valence-electron chi connectivity index (χ4n) is 2.75. The number of aliphatic hydroxyl groups excluding tert-OH is 2. The summed E-state index contributed by atoms with van der Waals surface area (Å²) in [7, 11) is 0. The van der Waals surface area contributed by atoms with E-state index >= 15 is 0 Å². The van der Waals surface area contributed by atoms with Gasteiger partial charge in [0, 0.05) is 0 Å². The molecule has 15 heavy (non-hydrogen) atoms. The number of piperidine rings is 2. The van der Waals surface area contributed by atoms with Gasteiger partial charge in [0.1, 0.15) is 0 Å². The molecule has 1 unspecified atom stereocenters. The molecule has 0 radical (unpaired) electrons. The molecule has 0 amide bonds. The van der Waals surface area contributed by atoms with Crippen LogP contribution in [0, 0.1) is 5.41 Å². The van der Waals surface area contributed by atoms with Crippen molar-refractivity contribution in [3.63, 3.8) is 0 Å². The first-order valence-corrected chi connectivity index (χ1v) is 5.73. The molecule has 1 atom stereocenters. The largest absolute Gasteiger partial charge is 0.395 e. The molecular formula is C11H19NO3. The number of carbonyl (C=O) groups is 1. The van der Waals surface area contributed by atoms with Gasteiger partial charge < -0.3 is 10.2 Å². The van der Waals surface area contributed by atoms with Gasteiger partial charge in [-0.1, -0.05) is 6.42 Å². The van der Waals surface area contributed by atoms with Gasteiger partial charge in [0.15, 0.2) is 5.78 Å². The van der Waals surface area contributed by atoms with E-state index in [1.807, 2.05) is 0 Å². The number of ketones is 1. The molecule has 2 N–H and O–H groups in total. The molecule has 0 saturated carbocycles. The Morgan fingerprint density at radius 1 is 1.27 bits per heavy atom. The molecule has 2 heterocycles. The van der Waals surface area contributed by atoms with Crippen molar-refractivity contribution in [1.82, 2.24) is 4.90 Å². The number of carbonyl (C=O) groups excluding carboxylic acids is 1. The van der Waals surface area contributed by atoms with Crippen molar-refractivity contribution in [3.05, 3.63) is 0 Å². The maximum absolute atomic E-state index is 12.2. The highest BCUT2D eigenvalue weighted by Gasteiger charge is 2.47. The van der Waals surface area contributed by atoms with Crippen LogP contribution < -0.4 is 0 Å². The van der Waals surface area contributed by atoms with E-state index in [0.717, 1.165) is 32.4 Å². The molecule has 2 rings (SSSR count). The maximum atomic E-state index is 12.2. The Kier molecular flexibility index (Phi) is 3.09. The number of Topliss-reactive ketones (excluding diaryl/α,β-unsaturated/α-hetero) is 1. The smallest absolute Gasteiger partial charge is 0.160 e. The fourth-order valence-corrected chi connectivity index (χ4v) is 2.75. The van der Waals surface area contributed by atoms with Crippen LogP contribution in [0.25, 0.3) is 0 Å². The Hall–Kier alpha value is -0.450. The molecule has 0 spiro atoms. The van der Waals surface area contributed by atoms with Crippen LogP contribution in [0.2, 0.25) is 0 Å². The number of fused-ring (bicyclic) bond motifs is 1. The molecule has 0 bridgehead atoms. The second-order valence-corrected chi connectivity index (χ2v) is 4.76. The van der Waals surface area contributed by atoms with Crippen LogP contribution >= 0.6 is 0 Å². The molecule has 4 nitrogen and oxygen atoms in total. The molecule has 4 heteroatoms. The third kappa shape index (κ3) is 1.71. The average molecular weight is 213 g/mol. The summed E-state index contributed by atoms with van der Waals surface area (Å²) < 4.78 is 0. The van der Waals surface area contributed by atoms with Crippen LogP contribution in [0.1, 0.15) is 25.7 Å². The van der Waals surface area contributed by atoms with Gasteiger partial charge in [-0.05, 0) is 32.4 Å². The molecule has 0 aromatic rings. The van der Waals surface area contributed by atoms with Crippen molar-refractivity contribution in [1.29, 1.82) is 0 Å². The van der Waals surface area contributed by atoms with Gasteiger partial charge in [-0.25, -0.2) is 0 Å². The quantitative estimate of drug-likeness (QED) is 0.666. The molecule has 86 valence electrons. The summed E-state index contributed by atoms with van der Waals surface area (Å²) in [6.07, 6.45) is 3.73. The summed E-state index contributed by atoms with van der Waals surface area (Å²) >= 11 is 0. The molecule has 2 fully saturated rings. The zero-order chi connectivity index (χ0) is 10.9. The fraction of sp³-hybridized carbons (Fsp3) is 0.909. The van der Waals surface area contributed by atoms with E-state index in [0.29, 0.717) is 6.42 Å². The van der Waals surface area contributed by atoms with E-state index < -0.39 is 5.41 Å². The van der Waals surface area contributed by atoms with Crippen molar-refractivity contribution in [2.75, 3.05) is 26.3 Å². The van der Waals surface area contributed by atoms with Crippen LogP contribution in [-0.2, 0) is 4.79 Å². The molecule has 2 saturated heterocycles. The Morgan fingerprint density at radius 2 is 2.00 bits per heavy atom. The number of aliphatic hydroxyl groups is 2. The highest BCUT2D eigenvalue weighted by Crippen LogP contribution is 2.34. The summed E-state index contributed by atoms with van der Waals surface area (Å²) in [6, 6.07) is -0.0493. The second-order valence-electron chi connectivity index (χ2n) is 4.76. The zero-order valence-electron chi connectivity index (χ0n) is 8.98. The average Bonchev–Trinajstić information content (AvgIpc) is 2.31. The molecule has 0 aliphatic carbocycles. The summed E-state index contributed by atoms with van der Waals surface area (Å²) in [5.74, 6) is 0.0541. The highest BCUT2D eigenvalue weighted by molar-refractivity contribution is 5.90. The molecule has 0 aromatic heterocycles. The van der Waals surface area contributed by atoms with Gasteiger partial charge in [0.2, 0.25) is 0 Å². The summed E-state index contributed by atoms with van der Waals surface area (Å²) in [4.78, 5) is 14.4. The molecule has 2 aliphatic heterocycles. The first kappa shape index (κ1) is 11.0. The highest BCUT2D eigenvalue weighted by atomic mass is 16.3. The number of rotatable bonds is 2. The lowest BCUT2D eigenvalue weighted by molar-refractivity contribution is -0.148. The normalized spacial score (nSPS) is 31.3. The van der Waals surface area contributed by atoms with Gasteiger partial charge in [-0.2, -0.15) is 0 Å². The predicted octanol–water partition coefficient (Wildman–Crippen LogP) is -0.215. The van der Waals surface area contributed by atoms with Gasteiger partial charge >= 0.3 is 0 Å². The van der Waals surface area contributed by atoms with Gasteiger partial charge in [-0.3, -0.25) is 9.69 Å².